The first-order chi connectivity index (χ1) is 53.3. The molecule has 110 heavy (non-hydrogen) atoms. The van der Waals surface area contributed by atoms with Crippen molar-refractivity contribution in [1.82, 2.24) is 0 Å². The fraction of sp³-hybridized carbons (Fsp3) is 0.956. The van der Waals surface area contributed by atoms with Crippen molar-refractivity contribution in [3.8, 4) is 0 Å². The molecule has 0 aliphatic carbocycles. The van der Waals surface area contributed by atoms with Crippen LogP contribution >= 0.6 is 15.6 Å². The summed E-state index contributed by atoms with van der Waals surface area (Å²) >= 11 is 0. The van der Waals surface area contributed by atoms with E-state index < -0.39 is 97.5 Å². The van der Waals surface area contributed by atoms with Gasteiger partial charge in [-0.15, -0.1) is 0 Å². The number of phosphoric acid groups is 2. The van der Waals surface area contributed by atoms with Gasteiger partial charge in [0.25, 0.3) is 0 Å². The topological polar surface area (TPSA) is 237 Å². The molecule has 0 fully saturated rings. The Hall–Kier alpha value is -1.94. The molecule has 0 rings (SSSR count). The third-order valence-electron chi connectivity index (χ3n) is 21.7. The highest BCUT2D eigenvalue weighted by Crippen LogP contribution is 2.45. The van der Waals surface area contributed by atoms with Crippen molar-refractivity contribution in [2.75, 3.05) is 39.6 Å². The van der Waals surface area contributed by atoms with Crippen molar-refractivity contribution in [1.29, 1.82) is 0 Å². The zero-order valence-electron chi connectivity index (χ0n) is 72.7. The molecule has 0 amide bonds. The average molecular weight is 1610 g/mol. The second-order valence-corrected chi connectivity index (χ2v) is 36.8. The van der Waals surface area contributed by atoms with Crippen molar-refractivity contribution < 1.29 is 80.2 Å². The molecule has 654 valence electrons. The highest BCUT2D eigenvalue weighted by atomic mass is 31.2. The fourth-order valence-electron chi connectivity index (χ4n) is 14.2. The van der Waals surface area contributed by atoms with Crippen LogP contribution in [-0.4, -0.2) is 96.7 Å². The number of unbranched alkanes of at least 4 members (excludes halogenated alkanes) is 56. The van der Waals surface area contributed by atoms with E-state index in [1.165, 1.54) is 289 Å². The second kappa shape index (κ2) is 80.8. The van der Waals surface area contributed by atoms with Gasteiger partial charge < -0.3 is 33.8 Å². The largest absolute Gasteiger partial charge is 0.472 e. The molecule has 0 aliphatic heterocycles. The van der Waals surface area contributed by atoms with Crippen molar-refractivity contribution in [2.45, 2.75) is 503 Å². The number of ether oxygens (including phenoxy) is 4. The number of hydrogen-bond acceptors (Lipinski definition) is 15. The molecule has 0 spiro atoms. The molecule has 0 saturated carbocycles. The van der Waals surface area contributed by atoms with E-state index >= 15 is 0 Å². The summed E-state index contributed by atoms with van der Waals surface area (Å²) in [6.07, 6.45) is 73.9. The minimum atomic E-state index is -4.97. The Kier molecular flexibility index (Phi) is 79.4. The third-order valence-corrected chi connectivity index (χ3v) is 23.6. The van der Waals surface area contributed by atoms with E-state index in [4.69, 9.17) is 37.0 Å². The van der Waals surface area contributed by atoms with Crippen LogP contribution in [0.3, 0.4) is 0 Å². The molecule has 0 bridgehead atoms. The summed E-state index contributed by atoms with van der Waals surface area (Å²) in [6, 6.07) is 0. The van der Waals surface area contributed by atoms with Gasteiger partial charge in [-0.2, -0.15) is 0 Å². The van der Waals surface area contributed by atoms with Crippen molar-refractivity contribution in [3.63, 3.8) is 0 Å². The van der Waals surface area contributed by atoms with Crippen LogP contribution in [0.1, 0.15) is 485 Å². The zero-order chi connectivity index (χ0) is 80.8. The van der Waals surface area contributed by atoms with Crippen molar-refractivity contribution in [3.05, 3.63) is 0 Å². The Morgan fingerprint density at radius 1 is 0.264 bits per heavy atom. The molecule has 6 atom stereocenters. The van der Waals surface area contributed by atoms with Gasteiger partial charge in [-0.3, -0.25) is 37.3 Å². The lowest BCUT2D eigenvalue weighted by molar-refractivity contribution is -0.161. The number of esters is 4. The normalized spacial score (nSPS) is 14.0. The van der Waals surface area contributed by atoms with E-state index in [1.54, 1.807) is 0 Å². The van der Waals surface area contributed by atoms with Crippen LogP contribution in [0.5, 0.6) is 0 Å². The van der Waals surface area contributed by atoms with E-state index in [-0.39, 0.29) is 25.7 Å². The first-order valence-corrected chi connectivity index (χ1v) is 49.9. The monoisotopic (exact) mass is 1610 g/mol. The van der Waals surface area contributed by atoms with Crippen LogP contribution in [0, 0.1) is 17.8 Å². The Labute approximate surface area is 677 Å². The van der Waals surface area contributed by atoms with Gasteiger partial charge >= 0.3 is 39.5 Å². The Balaban J connectivity index is 5.22. The number of aliphatic hydroxyl groups is 1. The molecule has 19 heteroatoms. The average Bonchev–Trinajstić information content (AvgIpc) is 0.898. The summed E-state index contributed by atoms with van der Waals surface area (Å²) in [6.45, 7) is 12.0. The van der Waals surface area contributed by atoms with Gasteiger partial charge in [-0.05, 0) is 43.4 Å². The summed E-state index contributed by atoms with van der Waals surface area (Å²) in [5.41, 5.74) is 0. The molecule has 3 unspecified atom stereocenters. The Morgan fingerprint density at radius 3 is 0.691 bits per heavy atom. The van der Waals surface area contributed by atoms with Crippen molar-refractivity contribution in [2.24, 2.45) is 17.8 Å². The number of carbonyl (C=O) groups excluding carboxylic acids is 4. The number of aliphatic hydroxyl groups excluding tert-OH is 1. The van der Waals surface area contributed by atoms with E-state index in [1.807, 2.05) is 0 Å². The van der Waals surface area contributed by atoms with E-state index in [0.29, 0.717) is 25.7 Å². The first-order valence-electron chi connectivity index (χ1n) is 46.9. The van der Waals surface area contributed by atoms with Gasteiger partial charge in [0.05, 0.1) is 26.4 Å². The van der Waals surface area contributed by atoms with Gasteiger partial charge in [0, 0.05) is 25.7 Å². The fourth-order valence-corrected chi connectivity index (χ4v) is 15.8. The van der Waals surface area contributed by atoms with Crippen LogP contribution < -0.4 is 0 Å². The molecular weight excluding hydrogens is 1430 g/mol. The SMILES string of the molecule is CCCCCCCCCCCCCCCCCCCCCCCCC(=O)O[C@H](COC(=O)CCCCCCCCCCCCCCCCCCCCC(C)C)COP(=O)(O)OC[C@@H](O)COP(=O)(O)OC[C@@H](COC(=O)CCCCCCCCC(C)CC)OC(=O)CCCCCCCCCCCCCCCCC(C)C. The van der Waals surface area contributed by atoms with Crippen LogP contribution in [0.4, 0.5) is 0 Å². The highest BCUT2D eigenvalue weighted by Gasteiger charge is 2.31. The minimum absolute atomic E-state index is 0.107. The number of carbonyl (C=O) groups is 4. The van der Waals surface area contributed by atoms with E-state index in [2.05, 4.69) is 48.5 Å². The summed E-state index contributed by atoms with van der Waals surface area (Å²) in [5, 5.41) is 10.7. The van der Waals surface area contributed by atoms with Gasteiger partial charge in [-0.1, -0.05) is 434 Å². The predicted octanol–water partition coefficient (Wildman–Crippen LogP) is 28.0. The van der Waals surface area contributed by atoms with Gasteiger partial charge in [0.15, 0.2) is 12.2 Å². The number of hydrogen-bond donors (Lipinski definition) is 3. The molecule has 3 N–H and O–H groups in total. The molecule has 0 aromatic rings. The van der Waals surface area contributed by atoms with Gasteiger partial charge in [0.2, 0.25) is 0 Å². The minimum Gasteiger partial charge on any atom is -0.462 e. The molecule has 0 saturated heterocycles. The van der Waals surface area contributed by atoms with Crippen LogP contribution in [0.2, 0.25) is 0 Å². The summed E-state index contributed by atoms with van der Waals surface area (Å²) in [7, 11) is -9.94. The molecule has 0 aromatic heterocycles. The lowest BCUT2D eigenvalue weighted by Crippen LogP contribution is -2.30. The number of rotatable bonds is 89. The molecular formula is C91H178O17P2. The van der Waals surface area contributed by atoms with Crippen LogP contribution in [0.25, 0.3) is 0 Å². The van der Waals surface area contributed by atoms with Crippen LogP contribution in [-0.2, 0) is 65.4 Å². The maximum Gasteiger partial charge on any atom is 0.472 e. The summed E-state index contributed by atoms with van der Waals surface area (Å²) < 4.78 is 69.0. The first kappa shape index (κ1) is 108. The Bertz CT molecular complexity index is 2120. The van der Waals surface area contributed by atoms with E-state index in [9.17, 15) is 43.2 Å². The standard InChI is InChI=1S/C91H178O17P2/c1-8-10-11-12-13-14-15-16-17-18-19-20-21-22-27-30-36-41-46-51-60-67-74-90(95)107-86(78-101-88(93)72-65-58-50-45-40-35-29-26-24-23-25-28-33-38-43-48-55-62-69-82(3)4)80-105-109(97,98)103-76-85(92)77-104-110(99,100)106-81-87(79-102-89(94)73-66-59-54-53-57-64-71-84(7)9-2)108-91(96)75-68-61-52-47-42-37-32-31-34-39-44-49-56-63-70-83(5)6/h82-87,92H,8-81H2,1-7H3,(H,97,98)(H,99,100)/t84?,85-,86-,87-/m1/s1. The molecule has 0 aliphatic rings. The Morgan fingerprint density at radius 2 is 0.464 bits per heavy atom. The van der Waals surface area contributed by atoms with E-state index in [0.717, 1.165) is 114 Å². The summed E-state index contributed by atoms with van der Waals surface area (Å²) in [5.74, 6) is 0.248. The van der Waals surface area contributed by atoms with Crippen LogP contribution in [0.15, 0.2) is 0 Å². The molecule has 17 nitrogen and oxygen atoms in total. The maximum atomic E-state index is 13.2. The lowest BCUT2D eigenvalue weighted by atomic mass is 10.00. The zero-order valence-corrected chi connectivity index (χ0v) is 74.5. The number of phosphoric ester groups is 2. The van der Waals surface area contributed by atoms with Gasteiger partial charge in [-0.25, -0.2) is 9.13 Å². The maximum absolute atomic E-state index is 13.2. The summed E-state index contributed by atoms with van der Waals surface area (Å²) in [4.78, 5) is 73.4. The molecule has 0 aromatic carbocycles. The third kappa shape index (κ3) is 82.6. The predicted molar refractivity (Wildman–Crippen MR) is 455 cm³/mol. The van der Waals surface area contributed by atoms with Gasteiger partial charge in [0.1, 0.15) is 19.3 Å². The smallest absolute Gasteiger partial charge is 0.462 e. The second-order valence-electron chi connectivity index (χ2n) is 33.9. The lowest BCUT2D eigenvalue weighted by Gasteiger charge is -2.21. The molecule has 0 heterocycles. The quantitative estimate of drug-likeness (QED) is 0.0222. The molecule has 0 radical (unpaired) electrons. The highest BCUT2D eigenvalue weighted by molar-refractivity contribution is 7.47. The van der Waals surface area contributed by atoms with Crippen molar-refractivity contribution >= 4 is 39.5 Å².